The number of Topliss-reactive ketones (excluding diaryl/α,β-unsaturated/α-hetero) is 1. The number of ketones is 1. The summed E-state index contributed by atoms with van der Waals surface area (Å²) >= 11 is 0. The number of hydrogen-bond acceptors (Lipinski definition) is 9. The van der Waals surface area contributed by atoms with E-state index in [1.807, 2.05) is 4.90 Å². The van der Waals surface area contributed by atoms with Gasteiger partial charge in [-0.1, -0.05) is 18.2 Å². The molecule has 12 heteroatoms. The molecular formula is C33H31F3N6O3. The molecule has 2 N–H and O–H groups in total. The Bertz CT molecular complexity index is 1910. The molecule has 4 atom stereocenters. The molecule has 0 radical (unpaired) electrons. The van der Waals surface area contributed by atoms with Crippen LogP contribution in [-0.2, 0) is 0 Å². The minimum Gasteiger partial charge on any atom is -0.508 e. The van der Waals surface area contributed by atoms with Crippen molar-refractivity contribution in [3.05, 3.63) is 59.8 Å². The molecule has 4 aromatic rings. The van der Waals surface area contributed by atoms with Gasteiger partial charge in [-0.2, -0.15) is 9.97 Å². The zero-order valence-electron chi connectivity index (χ0n) is 24.6. The standard InChI is InChI=1S/C33H31F3N6O3/c1-17(43)26-25(35)6-3-18-9-22(44)10-23(27(18)26)29-28(36)30-24(12-37-29)31(41-14-20-4-5-21(15-41)38-20)40-32(39-30)45-16-33-7-2-8-42(33)13-19(34)11-33/h3-6,9-10,12,19-21,38,44H,2,7-8,11,13-16H2,1H3/t19-,20-,21+,33+/m1/s1. The minimum absolute atomic E-state index is 0.0350. The van der Waals surface area contributed by atoms with Crippen LogP contribution in [0.15, 0.2) is 42.6 Å². The van der Waals surface area contributed by atoms with Crippen molar-refractivity contribution in [2.24, 2.45) is 0 Å². The molecule has 232 valence electrons. The number of carbonyl (C=O) groups is 1. The molecule has 8 rings (SSSR count). The molecule has 0 saturated carbocycles. The van der Waals surface area contributed by atoms with Crippen LogP contribution in [0.5, 0.6) is 11.8 Å². The molecule has 9 nitrogen and oxygen atoms in total. The van der Waals surface area contributed by atoms with Crippen LogP contribution in [0.4, 0.5) is 19.0 Å². The Kier molecular flexibility index (Phi) is 6.51. The zero-order chi connectivity index (χ0) is 31.0. The quantitative estimate of drug-likeness (QED) is 0.236. The highest BCUT2D eigenvalue weighted by molar-refractivity contribution is 6.13. The van der Waals surface area contributed by atoms with Crippen molar-refractivity contribution in [2.45, 2.75) is 50.0 Å². The van der Waals surface area contributed by atoms with Gasteiger partial charge in [0.15, 0.2) is 11.6 Å². The van der Waals surface area contributed by atoms with E-state index in [1.54, 1.807) is 0 Å². The van der Waals surface area contributed by atoms with Crippen LogP contribution < -0.4 is 15.0 Å². The number of piperazine rings is 1. The number of rotatable bonds is 6. The van der Waals surface area contributed by atoms with Crippen molar-refractivity contribution in [1.82, 2.24) is 25.2 Å². The van der Waals surface area contributed by atoms with Gasteiger partial charge in [0.2, 0.25) is 0 Å². The summed E-state index contributed by atoms with van der Waals surface area (Å²) in [6.45, 7) is 3.74. The number of benzene rings is 2. The van der Waals surface area contributed by atoms with Crippen molar-refractivity contribution in [2.75, 3.05) is 37.7 Å². The minimum atomic E-state index is -0.932. The molecule has 3 fully saturated rings. The first-order valence-electron chi connectivity index (χ1n) is 15.2. The first-order chi connectivity index (χ1) is 21.7. The summed E-state index contributed by atoms with van der Waals surface area (Å²) in [7, 11) is 0. The van der Waals surface area contributed by atoms with Crippen molar-refractivity contribution >= 4 is 33.3 Å². The number of nitrogens with one attached hydrogen (secondary N) is 1. The lowest BCUT2D eigenvalue weighted by atomic mass is 9.94. The molecule has 6 heterocycles. The van der Waals surface area contributed by atoms with Gasteiger partial charge in [-0.15, -0.1) is 0 Å². The van der Waals surface area contributed by atoms with Crippen LogP contribution >= 0.6 is 0 Å². The summed E-state index contributed by atoms with van der Waals surface area (Å²) in [6.07, 6.45) is 6.84. The lowest BCUT2D eigenvalue weighted by Gasteiger charge is -2.34. The lowest BCUT2D eigenvalue weighted by molar-refractivity contribution is 0.101. The average molecular weight is 617 g/mol. The Morgan fingerprint density at radius 1 is 1.16 bits per heavy atom. The highest BCUT2D eigenvalue weighted by Gasteiger charge is 2.49. The van der Waals surface area contributed by atoms with E-state index in [-0.39, 0.29) is 58.2 Å². The summed E-state index contributed by atoms with van der Waals surface area (Å²) in [6, 6.07) is 5.39. The maximum atomic E-state index is 16.8. The topological polar surface area (TPSA) is 104 Å². The first kappa shape index (κ1) is 28.2. The summed E-state index contributed by atoms with van der Waals surface area (Å²) in [5, 5.41) is 14.9. The van der Waals surface area contributed by atoms with Gasteiger partial charge in [0.25, 0.3) is 0 Å². The fraction of sp³-hybridized carbons (Fsp3) is 0.394. The van der Waals surface area contributed by atoms with Gasteiger partial charge in [0.05, 0.1) is 16.5 Å². The van der Waals surface area contributed by atoms with E-state index in [0.29, 0.717) is 42.6 Å². The van der Waals surface area contributed by atoms with Gasteiger partial charge in [0, 0.05) is 55.3 Å². The molecule has 2 bridgehead atoms. The van der Waals surface area contributed by atoms with Crippen LogP contribution in [-0.4, -0.2) is 87.3 Å². The average Bonchev–Trinajstić information content (AvgIpc) is 3.66. The molecule has 2 aromatic heterocycles. The summed E-state index contributed by atoms with van der Waals surface area (Å²) in [5.74, 6) is -1.86. The van der Waals surface area contributed by atoms with Crippen molar-refractivity contribution in [3.63, 3.8) is 0 Å². The Morgan fingerprint density at radius 2 is 1.96 bits per heavy atom. The zero-order valence-corrected chi connectivity index (χ0v) is 24.6. The second-order valence-electron chi connectivity index (χ2n) is 12.6. The molecule has 2 aromatic carbocycles. The third-order valence-corrected chi connectivity index (χ3v) is 9.67. The van der Waals surface area contributed by atoms with E-state index in [0.717, 1.165) is 25.5 Å². The van der Waals surface area contributed by atoms with Crippen LogP contribution in [0.25, 0.3) is 32.9 Å². The van der Waals surface area contributed by atoms with Gasteiger partial charge in [0.1, 0.15) is 41.4 Å². The van der Waals surface area contributed by atoms with Crippen LogP contribution in [0, 0.1) is 11.6 Å². The number of phenols is 1. The molecule has 4 aliphatic heterocycles. The molecular weight excluding hydrogens is 585 g/mol. The van der Waals surface area contributed by atoms with Crippen molar-refractivity contribution < 1.29 is 27.8 Å². The third-order valence-electron chi connectivity index (χ3n) is 9.67. The van der Waals surface area contributed by atoms with E-state index in [9.17, 15) is 18.7 Å². The van der Waals surface area contributed by atoms with Gasteiger partial charge in [-0.05, 0) is 49.9 Å². The van der Waals surface area contributed by atoms with Crippen molar-refractivity contribution in [3.8, 4) is 23.0 Å². The highest BCUT2D eigenvalue weighted by Crippen LogP contribution is 2.42. The molecule has 4 aliphatic rings. The number of hydrogen-bond donors (Lipinski definition) is 2. The summed E-state index contributed by atoms with van der Waals surface area (Å²) < 4.78 is 52.4. The summed E-state index contributed by atoms with van der Waals surface area (Å²) in [4.78, 5) is 30.4. The van der Waals surface area contributed by atoms with Gasteiger partial charge in [-0.3, -0.25) is 14.7 Å². The number of aromatic nitrogens is 3. The first-order valence-corrected chi connectivity index (χ1v) is 15.2. The number of aromatic hydroxyl groups is 1. The van der Waals surface area contributed by atoms with Crippen molar-refractivity contribution in [1.29, 1.82) is 0 Å². The maximum absolute atomic E-state index is 16.8. The number of phenolic OH excluding ortho intramolecular Hbond substituents is 1. The Morgan fingerprint density at radius 3 is 2.73 bits per heavy atom. The number of halogens is 3. The molecule has 0 amide bonds. The fourth-order valence-electron chi connectivity index (χ4n) is 7.72. The number of carbonyl (C=O) groups excluding carboxylic acids is 1. The Balaban J connectivity index is 1.28. The van der Waals surface area contributed by atoms with E-state index >= 15 is 4.39 Å². The third kappa shape index (κ3) is 4.61. The van der Waals surface area contributed by atoms with E-state index in [2.05, 4.69) is 32.3 Å². The Hall–Kier alpha value is -4.29. The molecule has 0 aliphatic carbocycles. The van der Waals surface area contributed by atoms with Gasteiger partial charge in [-0.25, -0.2) is 13.2 Å². The lowest BCUT2D eigenvalue weighted by Crippen LogP contribution is -2.52. The molecule has 45 heavy (non-hydrogen) atoms. The number of alkyl halides is 1. The Labute approximate surface area is 256 Å². The molecule has 0 spiro atoms. The van der Waals surface area contributed by atoms with Gasteiger partial charge < -0.3 is 20.1 Å². The maximum Gasteiger partial charge on any atom is 0.319 e. The smallest absolute Gasteiger partial charge is 0.319 e. The number of nitrogens with zero attached hydrogens (tertiary/aromatic N) is 5. The SMILES string of the molecule is CC(=O)c1c(F)ccc2cc(O)cc(-c3ncc4c(N5C[C@H]6C=C[C@@H](C5)N6)nc(OC[C@@]56CCCN5C[C@H](F)C6)nc4c3F)c12. The second-order valence-corrected chi connectivity index (χ2v) is 12.6. The normalized spacial score (nSPS) is 25.9. The predicted molar refractivity (Wildman–Crippen MR) is 162 cm³/mol. The predicted octanol–water partition coefficient (Wildman–Crippen LogP) is 4.70. The van der Waals surface area contributed by atoms with Crippen LogP contribution in [0.1, 0.15) is 36.5 Å². The van der Waals surface area contributed by atoms with E-state index in [4.69, 9.17) is 9.72 Å². The number of ether oxygens (including phenoxy) is 1. The number of fused-ring (bicyclic) bond motifs is 5. The second kappa shape index (κ2) is 10.4. The van der Waals surface area contributed by atoms with E-state index in [1.165, 1.54) is 31.3 Å². The summed E-state index contributed by atoms with van der Waals surface area (Å²) in [5.41, 5.74) is -0.881. The molecule has 0 unspecified atom stereocenters. The van der Waals surface area contributed by atoms with Gasteiger partial charge >= 0.3 is 6.01 Å². The fourth-order valence-corrected chi connectivity index (χ4v) is 7.72. The number of pyridine rings is 1. The molecule has 3 saturated heterocycles. The van der Waals surface area contributed by atoms with E-state index < -0.39 is 29.1 Å². The monoisotopic (exact) mass is 616 g/mol. The van der Waals surface area contributed by atoms with Crippen LogP contribution in [0.2, 0.25) is 0 Å². The highest BCUT2D eigenvalue weighted by atomic mass is 19.1. The largest absolute Gasteiger partial charge is 0.508 e. The van der Waals surface area contributed by atoms with Crippen LogP contribution in [0.3, 0.4) is 0 Å². The number of anilines is 1.